The SMILES string of the molecule is c1ccc(-c2nc(-c3ccccc3)nc(-n3c4ccc(-c5ccc6c(c5)-c5ccccc5C(c5ccccc5)CC6)cc4c4c5cccc6c5c(cc43)Oc3ccccc3-6)n2)cc1. The molecule has 1 aliphatic heterocycles. The van der Waals surface area contributed by atoms with Gasteiger partial charge in [-0.1, -0.05) is 170 Å². The summed E-state index contributed by atoms with van der Waals surface area (Å²) in [5.74, 6) is 3.77. The smallest absolute Gasteiger partial charge is 0.238 e. The molecule has 0 amide bonds. The molecule has 0 radical (unpaired) electrons. The second kappa shape index (κ2) is 14.2. The zero-order valence-corrected chi connectivity index (χ0v) is 34.2. The van der Waals surface area contributed by atoms with Gasteiger partial charge in [0.2, 0.25) is 5.95 Å². The summed E-state index contributed by atoms with van der Waals surface area (Å²) >= 11 is 0. The van der Waals surface area contributed by atoms with Gasteiger partial charge >= 0.3 is 0 Å². The third kappa shape index (κ3) is 5.74. The van der Waals surface area contributed by atoms with E-state index in [2.05, 4.69) is 156 Å². The first-order chi connectivity index (χ1) is 31.2. The number of benzene rings is 9. The number of aromatic nitrogens is 4. The minimum Gasteiger partial charge on any atom is -0.456 e. The van der Waals surface area contributed by atoms with Gasteiger partial charge in [0.25, 0.3) is 0 Å². The minimum absolute atomic E-state index is 0.340. The van der Waals surface area contributed by atoms with Gasteiger partial charge in [-0.2, -0.15) is 9.97 Å². The Bertz CT molecular complexity index is 3540. The van der Waals surface area contributed by atoms with Crippen molar-refractivity contribution in [2.24, 2.45) is 0 Å². The van der Waals surface area contributed by atoms with E-state index in [9.17, 15) is 0 Å². The molecule has 0 bridgehead atoms. The standard InChI is InChI=1S/C58H38N4O/c1-4-15-36(16-5-1)42-31-29-37-27-28-40(33-48(37)44-22-11-10-21-43(42)44)41-30-32-50-49(34-41)54-47-25-14-24-46-45-23-12-13-26-52(45)63-53(55(46)47)35-51(54)62(50)58-60-56(38-17-6-2-7-18-38)59-57(61-58)39-19-8-3-9-20-39/h1-28,30,32-35,42H,29,31H2. The van der Waals surface area contributed by atoms with Crippen LogP contribution in [0.25, 0.3) is 94.7 Å². The van der Waals surface area contributed by atoms with Gasteiger partial charge in [-0.15, -0.1) is 0 Å². The van der Waals surface area contributed by atoms with Crippen molar-refractivity contribution in [1.29, 1.82) is 0 Å². The van der Waals surface area contributed by atoms with Crippen LogP contribution in [0, 0.1) is 0 Å². The third-order valence-electron chi connectivity index (χ3n) is 13.1. The van der Waals surface area contributed by atoms with Crippen LogP contribution in [0.1, 0.15) is 29.0 Å². The minimum atomic E-state index is 0.340. The van der Waals surface area contributed by atoms with Crippen LogP contribution in [0.5, 0.6) is 11.5 Å². The molecule has 0 saturated carbocycles. The molecule has 1 atom stereocenters. The average molecular weight is 807 g/mol. The Hall–Kier alpha value is -8.15. The van der Waals surface area contributed by atoms with Crippen molar-refractivity contribution in [3.05, 3.63) is 217 Å². The van der Waals surface area contributed by atoms with Gasteiger partial charge in [0.1, 0.15) is 11.5 Å². The van der Waals surface area contributed by atoms with Crippen LogP contribution in [0.3, 0.4) is 0 Å². The van der Waals surface area contributed by atoms with E-state index >= 15 is 0 Å². The molecule has 5 nitrogen and oxygen atoms in total. The highest BCUT2D eigenvalue weighted by molar-refractivity contribution is 6.25. The molecule has 2 aromatic heterocycles. The molecule has 11 aromatic rings. The number of ether oxygens (including phenoxy) is 1. The van der Waals surface area contributed by atoms with E-state index in [1.807, 2.05) is 48.5 Å². The van der Waals surface area contributed by atoms with Gasteiger partial charge in [-0.05, 0) is 87.0 Å². The predicted molar refractivity (Wildman–Crippen MR) is 256 cm³/mol. The highest BCUT2D eigenvalue weighted by Gasteiger charge is 2.27. The van der Waals surface area contributed by atoms with E-state index in [1.165, 1.54) is 38.9 Å². The van der Waals surface area contributed by atoms with Crippen molar-refractivity contribution in [3.8, 4) is 73.6 Å². The molecule has 63 heavy (non-hydrogen) atoms. The summed E-state index contributed by atoms with van der Waals surface area (Å²) in [5.41, 5.74) is 15.2. The lowest BCUT2D eigenvalue weighted by atomic mass is 9.86. The van der Waals surface area contributed by atoms with Gasteiger partial charge in [-0.25, -0.2) is 4.98 Å². The fourth-order valence-electron chi connectivity index (χ4n) is 10.2. The van der Waals surface area contributed by atoms with E-state index in [1.54, 1.807) is 0 Å². The molecule has 0 spiro atoms. The fraction of sp³-hybridized carbons (Fsp3) is 0.0517. The van der Waals surface area contributed by atoms with E-state index in [4.69, 9.17) is 19.7 Å². The molecule has 2 aliphatic rings. The van der Waals surface area contributed by atoms with Gasteiger partial charge in [0.05, 0.1) is 11.0 Å². The maximum absolute atomic E-state index is 6.78. The molecule has 296 valence electrons. The monoisotopic (exact) mass is 806 g/mol. The van der Waals surface area contributed by atoms with E-state index in [-0.39, 0.29) is 0 Å². The normalized spacial score (nSPS) is 13.9. The zero-order valence-electron chi connectivity index (χ0n) is 34.2. The number of nitrogens with zero attached hydrogens (tertiary/aromatic N) is 4. The van der Waals surface area contributed by atoms with Crippen LogP contribution in [0.2, 0.25) is 0 Å². The zero-order chi connectivity index (χ0) is 41.4. The van der Waals surface area contributed by atoms with Crippen molar-refractivity contribution < 1.29 is 4.74 Å². The van der Waals surface area contributed by atoms with E-state index in [0.29, 0.717) is 23.5 Å². The Labute approximate surface area is 364 Å². The Morgan fingerprint density at radius 2 is 1.08 bits per heavy atom. The summed E-state index contributed by atoms with van der Waals surface area (Å²) in [6.45, 7) is 0. The van der Waals surface area contributed by atoms with Crippen molar-refractivity contribution in [1.82, 2.24) is 19.5 Å². The Balaban J connectivity index is 1.06. The molecule has 9 aromatic carbocycles. The molecular formula is C58H38N4O. The van der Waals surface area contributed by atoms with Crippen molar-refractivity contribution >= 4 is 32.6 Å². The lowest BCUT2D eigenvalue weighted by molar-refractivity contribution is 0.487. The summed E-state index contributed by atoms with van der Waals surface area (Å²) < 4.78 is 8.99. The van der Waals surface area contributed by atoms with E-state index < -0.39 is 0 Å². The maximum atomic E-state index is 6.78. The largest absolute Gasteiger partial charge is 0.456 e. The van der Waals surface area contributed by atoms with Gasteiger partial charge in [0, 0.05) is 44.8 Å². The third-order valence-corrected chi connectivity index (χ3v) is 13.1. The Morgan fingerprint density at radius 3 is 1.86 bits per heavy atom. The summed E-state index contributed by atoms with van der Waals surface area (Å²) in [4.78, 5) is 15.6. The predicted octanol–water partition coefficient (Wildman–Crippen LogP) is 14.6. The Kier molecular flexibility index (Phi) is 8.03. The lowest BCUT2D eigenvalue weighted by Crippen LogP contribution is -2.06. The van der Waals surface area contributed by atoms with Gasteiger partial charge < -0.3 is 4.74 Å². The molecule has 13 rings (SSSR count). The summed E-state index contributed by atoms with van der Waals surface area (Å²) in [7, 11) is 0. The van der Waals surface area contributed by atoms with Crippen LogP contribution in [-0.4, -0.2) is 19.5 Å². The number of fused-ring (bicyclic) bond motifs is 9. The quantitative estimate of drug-likeness (QED) is 0.174. The molecular weight excluding hydrogens is 769 g/mol. The van der Waals surface area contributed by atoms with Crippen LogP contribution in [0.4, 0.5) is 0 Å². The molecule has 1 unspecified atom stereocenters. The van der Waals surface area contributed by atoms with Crippen molar-refractivity contribution in [2.45, 2.75) is 18.8 Å². The number of rotatable bonds is 5. The number of para-hydroxylation sites is 1. The second-order valence-corrected chi connectivity index (χ2v) is 16.6. The summed E-state index contributed by atoms with van der Waals surface area (Å²) in [5, 5.41) is 4.48. The number of hydrogen-bond acceptors (Lipinski definition) is 4. The average Bonchev–Trinajstić information content (AvgIpc) is 3.58. The summed E-state index contributed by atoms with van der Waals surface area (Å²) in [6, 6.07) is 71.4. The maximum Gasteiger partial charge on any atom is 0.238 e. The Morgan fingerprint density at radius 1 is 0.429 bits per heavy atom. The molecule has 5 heteroatoms. The first kappa shape index (κ1) is 35.6. The number of hydrogen-bond donors (Lipinski definition) is 0. The van der Waals surface area contributed by atoms with Crippen LogP contribution < -0.4 is 4.74 Å². The lowest BCUT2D eigenvalue weighted by Gasteiger charge is -2.22. The van der Waals surface area contributed by atoms with Crippen LogP contribution in [0.15, 0.2) is 200 Å². The van der Waals surface area contributed by atoms with Crippen LogP contribution >= 0.6 is 0 Å². The molecule has 0 saturated heterocycles. The second-order valence-electron chi connectivity index (χ2n) is 16.6. The van der Waals surface area contributed by atoms with E-state index in [0.717, 1.165) is 79.2 Å². The van der Waals surface area contributed by atoms with Crippen LogP contribution in [-0.2, 0) is 6.42 Å². The van der Waals surface area contributed by atoms with Crippen molar-refractivity contribution in [2.75, 3.05) is 0 Å². The van der Waals surface area contributed by atoms with Gasteiger partial charge in [0.15, 0.2) is 11.6 Å². The first-order valence-electron chi connectivity index (χ1n) is 21.7. The topological polar surface area (TPSA) is 52.8 Å². The fourth-order valence-corrected chi connectivity index (χ4v) is 10.2. The molecule has 1 aliphatic carbocycles. The highest BCUT2D eigenvalue weighted by atomic mass is 16.5. The van der Waals surface area contributed by atoms with Crippen molar-refractivity contribution in [3.63, 3.8) is 0 Å². The molecule has 0 fully saturated rings. The molecule has 3 heterocycles. The molecule has 0 N–H and O–H groups in total. The van der Waals surface area contributed by atoms with Gasteiger partial charge in [-0.3, -0.25) is 4.57 Å². The summed E-state index contributed by atoms with van der Waals surface area (Å²) in [6.07, 6.45) is 2.08. The first-order valence-corrected chi connectivity index (χ1v) is 21.7. The highest BCUT2D eigenvalue weighted by Crippen LogP contribution is 2.51. The number of aryl methyl sites for hydroxylation is 1.